The minimum Gasteiger partial charge on any atom is -0.491 e. The van der Waals surface area contributed by atoms with Gasteiger partial charge in [0.05, 0.1) is 29.9 Å². The Labute approximate surface area is 155 Å². The first-order valence-corrected chi connectivity index (χ1v) is 9.09. The molecule has 1 aliphatic heterocycles. The number of aliphatic hydroxyl groups is 2. The van der Waals surface area contributed by atoms with E-state index in [0.717, 1.165) is 0 Å². The molecule has 2 rings (SSSR count). The third-order valence-corrected chi connectivity index (χ3v) is 5.28. The maximum atomic E-state index is 11.4. The summed E-state index contributed by atoms with van der Waals surface area (Å²) in [4.78, 5) is 12.7. The van der Waals surface area contributed by atoms with Crippen LogP contribution in [0.2, 0.25) is 0 Å². The second-order valence-corrected chi connectivity index (χ2v) is 8.49. The molecule has 0 amide bonds. The number of carbonyl (C=O) groups is 1. The molecule has 0 unspecified atom stereocenters. The van der Waals surface area contributed by atoms with E-state index < -0.39 is 12.1 Å². The number of hydrogen-bond acceptors (Lipinski definition) is 5. The highest BCUT2D eigenvalue weighted by atomic mass is 16.5. The molecule has 0 radical (unpaired) electrons. The van der Waals surface area contributed by atoms with Crippen LogP contribution in [0.1, 0.15) is 50.9 Å². The first kappa shape index (κ1) is 20.7. The topological polar surface area (TPSA) is 80.4 Å². The fraction of sp³-hybridized carbons (Fsp3) is 0.650. The van der Waals surface area contributed by atoms with Crippen molar-refractivity contribution in [3.63, 3.8) is 0 Å². The number of hydrogen-bond donors (Lipinski definition) is 3. The summed E-state index contributed by atoms with van der Waals surface area (Å²) in [5.41, 5.74) is 0.217. The number of benzene rings is 1. The molecule has 1 aromatic rings. The predicted octanol–water partition coefficient (Wildman–Crippen LogP) is 0.810. The van der Waals surface area contributed by atoms with Gasteiger partial charge >= 0.3 is 5.97 Å². The highest BCUT2D eigenvalue weighted by molar-refractivity contribution is 5.89. The highest BCUT2D eigenvalue weighted by Crippen LogP contribution is 2.24. The molecular formula is C20H32NO5+. The zero-order valence-corrected chi connectivity index (χ0v) is 16.4. The fourth-order valence-corrected chi connectivity index (χ4v) is 4.26. The number of esters is 1. The van der Waals surface area contributed by atoms with Gasteiger partial charge in [-0.3, -0.25) is 0 Å². The number of rotatable bonds is 6. The zero-order valence-electron chi connectivity index (χ0n) is 16.4. The third-order valence-electron chi connectivity index (χ3n) is 5.28. The Bertz CT molecular complexity index is 593. The Balaban J connectivity index is 1.93. The number of likely N-dealkylation sites (tertiary alicyclic amines) is 1. The Hall–Kier alpha value is -1.63. The van der Waals surface area contributed by atoms with Crippen LogP contribution >= 0.6 is 0 Å². The van der Waals surface area contributed by atoms with E-state index in [1.807, 2.05) is 0 Å². The summed E-state index contributed by atoms with van der Waals surface area (Å²) in [6.45, 7) is 9.25. The van der Waals surface area contributed by atoms with Gasteiger partial charge in [0.15, 0.2) is 0 Å². The van der Waals surface area contributed by atoms with E-state index in [0.29, 0.717) is 30.7 Å². The van der Waals surface area contributed by atoms with E-state index in [4.69, 9.17) is 4.74 Å². The number of carbonyl (C=O) groups excluding carboxylic acids is 1. The van der Waals surface area contributed by atoms with Crippen molar-refractivity contribution in [1.29, 1.82) is 0 Å². The molecule has 0 aromatic heterocycles. The number of nitrogens with one attached hydrogen (secondary N) is 1. The molecule has 146 valence electrons. The van der Waals surface area contributed by atoms with E-state index in [1.54, 1.807) is 24.3 Å². The van der Waals surface area contributed by atoms with Crippen molar-refractivity contribution < 1.29 is 29.4 Å². The van der Waals surface area contributed by atoms with E-state index in [-0.39, 0.29) is 23.8 Å². The lowest BCUT2D eigenvalue weighted by atomic mass is 9.78. The van der Waals surface area contributed by atoms with E-state index in [1.165, 1.54) is 12.0 Å². The minimum atomic E-state index is -0.626. The lowest BCUT2D eigenvalue weighted by Gasteiger charge is -2.51. The van der Waals surface area contributed by atoms with Crippen LogP contribution < -0.4 is 9.64 Å². The average molecular weight is 366 g/mol. The fourth-order valence-electron chi connectivity index (χ4n) is 4.26. The second-order valence-electron chi connectivity index (χ2n) is 8.49. The van der Waals surface area contributed by atoms with Crippen molar-refractivity contribution in [3.8, 4) is 5.75 Å². The van der Waals surface area contributed by atoms with Gasteiger partial charge in [-0.25, -0.2) is 4.79 Å². The molecule has 1 aromatic carbocycles. The van der Waals surface area contributed by atoms with Gasteiger partial charge in [0.1, 0.15) is 25.0 Å². The Kier molecular flexibility index (Phi) is 6.32. The maximum absolute atomic E-state index is 11.4. The van der Waals surface area contributed by atoms with Gasteiger partial charge in [0.25, 0.3) is 0 Å². The molecule has 0 spiro atoms. The Morgan fingerprint density at radius 2 is 1.73 bits per heavy atom. The highest BCUT2D eigenvalue weighted by Gasteiger charge is 2.49. The molecule has 0 saturated carbocycles. The quantitative estimate of drug-likeness (QED) is 0.649. The Morgan fingerprint density at radius 1 is 1.19 bits per heavy atom. The van der Waals surface area contributed by atoms with Crippen LogP contribution in [0.4, 0.5) is 0 Å². The molecule has 1 heterocycles. The monoisotopic (exact) mass is 366 g/mol. The third kappa shape index (κ3) is 4.96. The van der Waals surface area contributed by atoms with Crippen LogP contribution in [0.15, 0.2) is 24.3 Å². The van der Waals surface area contributed by atoms with Gasteiger partial charge in [-0.1, -0.05) is 0 Å². The molecule has 3 N–H and O–H groups in total. The maximum Gasteiger partial charge on any atom is 0.337 e. The number of aliphatic hydroxyl groups excluding tert-OH is 2. The molecule has 1 aliphatic rings. The van der Waals surface area contributed by atoms with Crippen LogP contribution in [-0.4, -0.2) is 59.7 Å². The summed E-state index contributed by atoms with van der Waals surface area (Å²) in [7, 11) is 1.34. The summed E-state index contributed by atoms with van der Waals surface area (Å²) in [6.07, 6.45) is 0.507. The van der Waals surface area contributed by atoms with Crippen LogP contribution in [-0.2, 0) is 4.74 Å². The van der Waals surface area contributed by atoms with Crippen molar-refractivity contribution in [2.45, 2.75) is 63.8 Å². The lowest BCUT2D eigenvalue weighted by Crippen LogP contribution is -3.27. The lowest BCUT2D eigenvalue weighted by molar-refractivity contribution is -1.00. The van der Waals surface area contributed by atoms with Crippen molar-refractivity contribution >= 4 is 5.97 Å². The van der Waals surface area contributed by atoms with Crippen LogP contribution in [0.5, 0.6) is 5.75 Å². The molecule has 0 aliphatic carbocycles. The van der Waals surface area contributed by atoms with E-state index in [9.17, 15) is 15.0 Å². The van der Waals surface area contributed by atoms with Crippen LogP contribution in [0, 0.1) is 0 Å². The van der Waals surface area contributed by atoms with Crippen molar-refractivity contribution in [1.82, 2.24) is 0 Å². The summed E-state index contributed by atoms with van der Waals surface area (Å²) in [6, 6.07) is 6.65. The smallest absolute Gasteiger partial charge is 0.337 e. The number of quaternary nitrogens is 1. The molecule has 26 heavy (non-hydrogen) atoms. The van der Waals surface area contributed by atoms with Gasteiger partial charge < -0.3 is 24.6 Å². The minimum absolute atomic E-state index is 0.121. The van der Waals surface area contributed by atoms with Crippen LogP contribution in [0.25, 0.3) is 0 Å². The Morgan fingerprint density at radius 3 is 2.23 bits per heavy atom. The van der Waals surface area contributed by atoms with Crippen molar-refractivity contribution in [2.75, 3.05) is 20.3 Å². The second kappa shape index (κ2) is 7.94. The van der Waals surface area contributed by atoms with E-state index >= 15 is 0 Å². The van der Waals surface area contributed by atoms with Gasteiger partial charge in [-0.15, -0.1) is 0 Å². The molecule has 6 heteroatoms. The first-order valence-electron chi connectivity index (χ1n) is 9.09. The van der Waals surface area contributed by atoms with Gasteiger partial charge in [-0.2, -0.15) is 0 Å². The van der Waals surface area contributed by atoms with Gasteiger partial charge in [0.2, 0.25) is 0 Å². The van der Waals surface area contributed by atoms with Crippen molar-refractivity contribution in [3.05, 3.63) is 29.8 Å². The molecule has 1 saturated heterocycles. The SMILES string of the molecule is COC(=O)c1ccc(OC[C@@H](O)C[NH+]2C(C)(C)CC(O)CC2(C)C)cc1. The van der Waals surface area contributed by atoms with Gasteiger partial charge in [-0.05, 0) is 52.0 Å². The number of methoxy groups -OCH3 is 1. The predicted molar refractivity (Wildman–Crippen MR) is 98.5 cm³/mol. The molecular weight excluding hydrogens is 334 g/mol. The standard InChI is InChI=1S/C20H31NO5/c1-19(2)10-15(22)11-20(3,4)21(19)12-16(23)13-26-17-8-6-14(7-9-17)18(24)25-5/h6-9,15-16,22-23H,10-13H2,1-5H3/p+1/t16-/m0/s1. The molecule has 1 atom stereocenters. The molecule has 6 nitrogen and oxygen atoms in total. The average Bonchev–Trinajstić information content (AvgIpc) is 2.55. The summed E-state index contributed by atoms with van der Waals surface area (Å²) < 4.78 is 10.3. The normalized spacial score (nSPS) is 25.3. The van der Waals surface area contributed by atoms with Gasteiger partial charge in [0, 0.05) is 12.8 Å². The van der Waals surface area contributed by atoms with Crippen molar-refractivity contribution in [2.24, 2.45) is 0 Å². The molecule has 0 bridgehead atoms. The first-order chi connectivity index (χ1) is 12.0. The number of ether oxygens (including phenoxy) is 2. The summed E-state index contributed by atoms with van der Waals surface area (Å²) >= 11 is 0. The molecule has 1 fully saturated rings. The summed E-state index contributed by atoms with van der Waals surface area (Å²) in [5, 5.41) is 20.6. The van der Waals surface area contributed by atoms with E-state index in [2.05, 4.69) is 32.4 Å². The zero-order chi connectivity index (χ0) is 19.5. The number of piperidine rings is 1. The largest absolute Gasteiger partial charge is 0.491 e. The summed E-state index contributed by atoms with van der Waals surface area (Å²) in [5.74, 6) is 0.205. The van der Waals surface area contributed by atoms with Crippen LogP contribution in [0.3, 0.4) is 0 Å².